The maximum Gasteiger partial charge on any atom is 0.251 e. The number of aromatic nitrogens is 2. The molecule has 0 unspecified atom stereocenters. The predicted octanol–water partition coefficient (Wildman–Crippen LogP) is 4.58. The Morgan fingerprint density at radius 1 is 0.784 bits per heavy atom. The number of nitrogens with one attached hydrogen (secondary N) is 4. The fraction of sp³-hybridized carbons (Fsp3) is 0.379. The molecule has 8 nitrogen and oxygen atoms in total. The van der Waals surface area contributed by atoms with Gasteiger partial charge in [0.2, 0.25) is 11.8 Å². The van der Waals surface area contributed by atoms with Crippen LogP contribution in [0.25, 0.3) is 11.4 Å². The summed E-state index contributed by atoms with van der Waals surface area (Å²) in [5, 5.41) is 9.43. The molecular formula is C29H33N5O3. The number of para-hydroxylation sites is 1. The Hall–Kier alpha value is -3.94. The van der Waals surface area contributed by atoms with Crippen LogP contribution in [0.15, 0.2) is 67.0 Å². The molecule has 8 heteroatoms. The van der Waals surface area contributed by atoms with Crippen molar-refractivity contribution in [2.75, 3.05) is 5.32 Å². The van der Waals surface area contributed by atoms with Crippen LogP contribution < -0.4 is 16.0 Å². The molecule has 0 saturated heterocycles. The highest BCUT2D eigenvalue weighted by molar-refractivity contribution is 5.95. The number of hydrogen-bond acceptors (Lipinski definition) is 4. The van der Waals surface area contributed by atoms with Gasteiger partial charge < -0.3 is 20.9 Å². The number of nitrogens with zero attached hydrogens (tertiary/aromatic N) is 1. The van der Waals surface area contributed by atoms with E-state index < -0.39 is 0 Å². The Bertz CT molecular complexity index is 1210. The van der Waals surface area contributed by atoms with E-state index in [-0.39, 0.29) is 28.8 Å². The van der Waals surface area contributed by atoms with Crippen molar-refractivity contribution in [2.45, 2.75) is 68.9 Å². The molecule has 0 aliphatic heterocycles. The molecule has 4 N–H and O–H groups in total. The number of anilines is 1. The second-order valence-corrected chi connectivity index (χ2v) is 10.3. The molecule has 192 valence electrons. The predicted molar refractivity (Wildman–Crippen MR) is 142 cm³/mol. The first-order valence-corrected chi connectivity index (χ1v) is 13.0. The highest BCUT2D eigenvalue weighted by Gasteiger charge is 2.49. The van der Waals surface area contributed by atoms with Gasteiger partial charge in [0.05, 0.1) is 0 Å². The van der Waals surface area contributed by atoms with Crippen LogP contribution in [0.2, 0.25) is 0 Å². The molecule has 3 aliphatic rings. The van der Waals surface area contributed by atoms with Crippen LogP contribution >= 0.6 is 0 Å². The maximum atomic E-state index is 13.0. The minimum Gasteiger partial charge on any atom is -0.351 e. The monoisotopic (exact) mass is 499 g/mol. The average Bonchev–Trinajstić information content (AvgIpc) is 3.46. The summed E-state index contributed by atoms with van der Waals surface area (Å²) in [6.45, 7) is 0. The van der Waals surface area contributed by atoms with Crippen molar-refractivity contribution in [1.29, 1.82) is 0 Å². The van der Waals surface area contributed by atoms with Crippen molar-refractivity contribution in [1.82, 2.24) is 20.6 Å². The Morgan fingerprint density at radius 3 is 2.03 bits per heavy atom. The zero-order chi connectivity index (χ0) is 25.7. The van der Waals surface area contributed by atoms with E-state index in [1.54, 1.807) is 12.4 Å². The van der Waals surface area contributed by atoms with Crippen molar-refractivity contribution < 1.29 is 14.4 Å². The third-order valence-electron chi connectivity index (χ3n) is 7.81. The van der Waals surface area contributed by atoms with E-state index in [1.165, 1.54) is 0 Å². The summed E-state index contributed by atoms with van der Waals surface area (Å²) in [6, 6.07) is 16.8. The van der Waals surface area contributed by atoms with E-state index >= 15 is 0 Å². The largest absolute Gasteiger partial charge is 0.351 e. The molecule has 3 aliphatic carbocycles. The van der Waals surface area contributed by atoms with E-state index in [9.17, 15) is 14.4 Å². The summed E-state index contributed by atoms with van der Waals surface area (Å²) in [4.78, 5) is 45.1. The van der Waals surface area contributed by atoms with Crippen LogP contribution in [-0.2, 0) is 9.59 Å². The number of hydrogen-bond donors (Lipinski definition) is 4. The van der Waals surface area contributed by atoms with Crippen molar-refractivity contribution in [3.8, 4) is 11.4 Å². The summed E-state index contributed by atoms with van der Waals surface area (Å²) in [6.07, 6.45) is 9.74. The SMILES string of the molecule is O=C(CCCC(=O)NC12CCC(NC(=O)c3ccc(-c4ncc[nH]4)cc3)(CC1)CC2)Nc1ccccc1. The first kappa shape index (κ1) is 24.7. The number of benzene rings is 2. The third kappa shape index (κ3) is 5.90. The standard InChI is InChI=1S/C29H33N5O3/c35-24(32-23-5-2-1-3-6-23)7-4-8-25(36)33-28-13-16-29(17-14-28,18-15-28)34-27(37)22-11-9-21(10-12-22)26-30-19-20-31-26/h1-3,5-6,9-12,19-20H,4,7-8,13-18H2,(H,30,31)(H,32,35)(H,33,36)(H,34,37). The Labute approximate surface area is 216 Å². The van der Waals surface area contributed by atoms with Gasteiger partial charge in [0, 0.05) is 53.1 Å². The molecule has 0 radical (unpaired) electrons. The zero-order valence-corrected chi connectivity index (χ0v) is 20.9. The molecule has 2 bridgehead atoms. The van der Waals surface area contributed by atoms with Crippen LogP contribution in [0.1, 0.15) is 68.1 Å². The highest BCUT2D eigenvalue weighted by atomic mass is 16.2. The molecule has 3 saturated carbocycles. The number of carbonyl (C=O) groups excluding carboxylic acids is 3. The molecule has 0 spiro atoms. The van der Waals surface area contributed by atoms with Crippen molar-refractivity contribution in [3.05, 3.63) is 72.6 Å². The fourth-order valence-corrected chi connectivity index (χ4v) is 5.59. The smallest absolute Gasteiger partial charge is 0.251 e. The lowest BCUT2D eigenvalue weighted by Crippen LogP contribution is -2.63. The fourth-order valence-electron chi connectivity index (χ4n) is 5.59. The van der Waals surface area contributed by atoms with Gasteiger partial charge in [-0.1, -0.05) is 30.3 Å². The van der Waals surface area contributed by atoms with Crippen LogP contribution in [-0.4, -0.2) is 38.8 Å². The maximum absolute atomic E-state index is 13.0. The molecule has 37 heavy (non-hydrogen) atoms. The van der Waals surface area contributed by atoms with Gasteiger partial charge in [0.15, 0.2) is 0 Å². The Morgan fingerprint density at radius 2 is 1.41 bits per heavy atom. The zero-order valence-electron chi connectivity index (χ0n) is 20.9. The van der Waals surface area contributed by atoms with Gasteiger partial charge >= 0.3 is 0 Å². The van der Waals surface area contributed by atoms with Gasteiger partial charge in [-0.2, -0.15) is 0 Å². The van der Waals surface area contributed by atoms with Crippen molar-refractivity contribution in [2.24, 2.45) is 0 Å². The molecule has 1 heterocycles. The summed E-state index contributed by atoms with van der Waals surface area (Å²) in [5.41, 5.74) is 1.94. The first-order chi connectivity index (χ1) is 17.9. The molecular weight excluding hydrogens is 466 g/mol. The molecule has 3 amide bonds. The summed E-state index contributed by atoms with van der Waals surface area (Å²) < 4.78 is 0. The van der Waals surface area contributed by atoms with Gasteiger partial charge in [-0.15, -0.1) is 0 Å². The van der Waals surface area contributed by atoms with Crippen molar-refractivity contribution in [3.63, 3.8) is 0 Å². The average molecular weight is 500 g/mol. The number of carbonyl (C=O) groups is 3. The van der Waals surface area contributed by atoms with Crippen LogP contribution in [0, 0.1) is 0 Å². The van der Waals surface area contributed by atoms with Gasteiger partial charge in [0.1, 0.15) is 5.82 Å². The lowest BCUT2D eigenvalue weighted by Gasteiger charge is -2.53. The number of imidazole rings is 1. The number of aromatic amines is 1. The first-order valence-electron chi connectivity index (χ1n) is 13.0. The number of amides is 3. The summed E-state index contributed by atoms with van der Waals surface area (Å²) in [7, 11) is 0. The van der Waals surface area contributed by atoms with Gasteiger partial charge in [-0.25, -0.2) is 4.98 Å². The number of fused-ring (bicyclic) bond motifs is 3. The van der Waals surface area contributed by atoms with Gasteiger partial charge in [-0.3, -0.25) is 14.4 Å². The summed E-state index contributed by atoms with van der Waals surface area (Å²) in [5.74, 6) is 0.642. The second-order valence-electron chi connectivity index (χ2n) is 10.3. The van der Waals surface area contributed by atoms with E-state index in [2.05, 4.69) is 25.9 Å². The molecule has 6 rings (SSSR count). The molecule has 3 fully saturated rings. The van der Waals surface area contributed by atoms with Crippen LogP contribution in [0.4, 0.5) is 5.69 Å². The van der Waals surface area contributed by atoms with Gasteiger partial charge in [-0.05, 0) is 69.2 Å². The lowest BCUT2D eigenvalue weighted by molar-refractivity contribution is -0.125. The molecule has 1 aromatic heterocycles. The Balaban J connectivity index is 1.07. The van der Waals surface area contributed by atoms with E-state index in [0.29, 0.717) is 24.8 Å². The van der Waals surface area contributed by atoms with E-state index in [1.807, 2.05) is 54.6 Å². The lowest BCUT2D eigenvalue weighted by atomic mass is 9.61. The van der Waals surface area contributed by atoms with E-state index in [0.717, 1.165) is 55.6 Å². The topological polar surface area (TPSA) is 116 Å². The molecule has 3 aromatic rings. The van der Waals surface area contributed by atoms with Crippen LogP contribution in [0.5, 0.6) is 0 Å². The highest BCUT2D eigenvalue weighted by Crippen LogP contribution is 2.47. The number of H-pyrrole nitrogens is 1. The molecule has 0 atom stereocenters. The minimum atomic E-state index is -0.210. The van der Waals surface area contributed by atoms with Gasteiger partial charge in [0.25, 0.3) is 5.91 Å². The number of rotatable bonds is 9. The van der Waals surface area contributed by atoms with E-state index in [4.69, 9.17) is 0 Å². The third-order valence-corrected chi connectivity index (χ3v) is 7.81. The normalized spacial score (nSPS) is 22.3. The quantitative estimate of drug-likeness (QED) is 0.345. The minimum absolute atomic E-state index is 0.00240. The summed E-state index contributed by atoms with van der Waals surface area (Å²) >= 11 is 0. The van der Waals surface area contributed by atoms with Crippen molar-refractivity contribution >= 4 is 23.4 Å². The molecule has 2 aromatic carbocycles. The van der Waals surface area contributed by atoms with Crippen LogP contribution in [0.3, 0.4) is 0 Å². The Kier molecular flexibility index (Phi) is 7.08. The second kappa shape index (κ2) is 10.6.